The quantitative estimate of drug-likeness (QED) is 0.634. The summed E-state index contributed by atoms with van der Waals surface area (Å²) in [5, 5.41) is 18.3. The van der Waals surface area contributed by atoms with Crippen LogP contribution in [0.2, 0.25) is 0 Å². The van der Waals surface area contributed by atoms with Crippen LogP contribution in [0, 0.1) is 17.8 Å². The van der Waals surface area contributed by atoms with Crippen molar-refractivity contribution >= 4 is 0 Å². The fourth-order valence-electron chi connectivity index (χ4n) is 1.87. The third kappa shape index (κ3) is 2.46. The minimum Gasteiger partial charge on any atom is -0.396 e. The second-order valence-electron chi connectivity index (χ2n) is 3.51. The first kappa shape index (κ1) is 11.9. The summed E-state index contributed by atoms with van der Waals surface area (Å²) in [6, 6.07) is 0. The van der Waals surface area contributed by atoms with Gasteiger partial charge in [0.2, 0.25) is 0 Å². The van der Waals surface area contributed by atoms with Crippen LogP contribution < -0.4 is 0 Å². The van der Waals surface area contributed by atoms with Crippen LogP contribution in [0.1, 0.15) is 34.1 Å². The normalized spacial score (nSPS) is 40.5. The van der Waals surface area contributed by atoms with E-state index in [9.17, 15) is 5.11 Å². The maximum atomic E-state index is 9.46. The maximum Gasteiger partial charge on any atom is 0.0594 e. The molecule has 1 rings (SSSR count). The second kappa shape index (κ2) is 5.55. The summed E-state index contributed by atoms with van der Waals surface area (Å²) in [6.45, 7) is 8.27. The Morgan fingerprint density at radius 2 is 1.75 bits per heavy atom. The highest BCUT2D eigenvalue weighted by Crippen LogP contribution is 2.35. The fraction of sp³-hybridized carbons (Fsp3) is 1.00. The number of hydrogen-bond acceptors (Lipinski definition) is 2. The summed E-state index contributed by atoms with van der Waals surface area (Å²) >= 11 is 0. The third-order valence-electron chi connectivity index (χ3n) is 2.77. The van der Waals surface area contributed by atoms with E-state index in [4.69, 9.17) is 5.11 Å². The van der Waals surface area contributed by atoms with Crippen molar-refractivity contribution in [2.75, 3.05) is 6.61 Å². The van der Waals surface area contributed by atoms with Crippen LogP contribution in [0.15, 0.2) is 0 Å². The van der Waals surface area contributed by atoms with E-state index >= 15 is 0 Å². The predicted octanol–water partition coefficient (Wildman–Crippen LogP) is 1.66. The standard InChI is InChI=1S/C8H16O2.C2H6/c1-5-3-7(4-9)6(2)8(5)10;1-2/h5-10H,3-4H2,1-2H3;1-2H3/t5?,6-,7?,8?;/m0./s1. The van der Waals surface area contributed by atoms with Crippen molar-refractivity contribution in [2.45, 2.75) is 40.2 Å². The van der Waals surface area contributed by atoms with Crippen molar-refractivity contribution in [3.05, 3.63) is 0 Å². The van der Waals surface area contributed by atoms with E-state index in [1.807, 2.05) is 27.7 Å². The molecule has 1 saturated carbocycles. The van der Waals surface area contributed by atoms with Crippen LogP contribution >= 0.6 is 0 Å². The topological polar surface area (TPSA) is 40.5 Å². The first-order chi connectivity index (χ1) is 5.66. The molecule has 0 radical (unpaired) electrons. The van der Waals surface area contributed by atoms with E-state index in [1.165, 1.54) is 0 Å². The van der Waals surface area contributed by atoms with E-state index in [0.717, 1.165) is 6.42 Å². The van der Waals surface area contributed by atoms with Crippen molar-refractivity contribution in [1.29, 1.82) is 0 Å². The van der Waals surface area contributed by atoms with Gasteiger partial charge in [-0.1, -0.05) is 27.7 Å². The lowest BCUT2D eigenvalue weighted by Gasteiger charge is -2.14. The number of rotatable bonds is 1. The van der Waals surface area contributed by atoms with Gasteiger partial charge in [0.05, 0.1) is 6.10 Å². The molecule has 2 nitrogen and oxygen atoms in total. The smallest absolute Gasteiger partial charge is 0.0594 e. The Bertz CT molecular complexity index is 114. The molecule has 1 aliphatic rings. The van der Waals surface area contributed by atoms with Gasteiger partial charge in [0.25, 0.3) is 0 Å². The zero-order valence-electron chi connectivity index (χ0n) is 8.62. The molecule has 0 aromatic heterocycles. The molecule has 1 fully saturated rings. The SMILES string of the molecule is CC.CC1CC(CO)[C@H](C)C1O. The van der Waals surface area contributed by atoms with Crippen LogP contribution in [0.3, 0.4) is 0 Å². The van der Waals surface area contributed by atoms with Gasteiger partial charge >= 0.3 is 0 Å². The highest BCUT2D eigenvalue weighted by Gasteiger charge is 2.36. The Labute approximate surface area is 75.6 Å². The Morgan fingerprint density at radius 1 is 1.25 bits per heavy atom. The van der Waals surface area contributed by atoms with E-state index < -0.39 is 0 Å². The second-order valence-corrected chi connectivity index (χ2v) is 3.51. The first-order valence-corrected chi connectivity index (χ1v) is 4.95. The predicted molar refractivity (Wildman–Crippen MR) is 50.9 cm³/mol. The summed E-state index contributed by atoms with van der Waals surface area (Å²) in [7, 11) is 0. The van der Waals surface area contributed by atoms with Crippen molar-refractivity contribution in [3.63, 3.8) is 0 Å². The Morgan fingerprint density at radius 3 is 1.92 bits per heavy atom. The molecular formula is C10H22O2. The number of aliphatic hydroxyl groups excluding tert-OH is 2. The number of hydrogen-bond donors (Lipinski definition) is 2. The molecule has 0 saturated heterocycles. The van der Waals surface area contributed by atoms with Crippen molar-refractivity contribution < 1.29 is 10.2 Å². The first-order valence-electron chi connectivity index (χ1n) is 4.95. The third-order valence-corrected chi connectivity index (χ3v) is 2.77. The summed E-state index contributed by atoms with van der Waals surface area (Å²) in [5.41, 5.74) is 0. The van der Waals surface area contributed by atoms with Gasteiger partial charge in [-0.2, -0.15) is 0 Å². The maximum absolute atomic E-state index is 9.46. The zero-order chi connectivity index (χ0) is 9.72. The molecule has 1 aliphatic carbocycles. The van der Waals surface area contributed by atoms with E-state index in [-0.39, 0.29) is 18.6 Å². The molecule has 0 aromatic carbocycles. The molecular weight excluding hydrogens is 152 g/mol. The highest BCUT2D eigenvalue weighted by atomic mass is 16.3. The van der Waals surface area contributed by atoms with Gasteiger partial charge in [0.1, 0.15) is 0 Å². The van der Waals surface area contributed by atoms with E-state index in [1.54, 1.807) is 0 Å². The average molecular weight is 174 g/mol. The van der Waals surface area contributed by atoms with Gasteiger partial charge in [-0.25, -0.2) is 0 Å². The van der Waals surface area contributed by atoms with Crippen LogP contribution in [-0.2, 0) is 0 Å². The van der Waals surface area contributed by atoms with Crippen LogP contribution in [0.5, 0.6) is 0 Å². The van der Waals surface area contributed by atoms with Gasteiger partial charge < -0.3 is 10.2 Å². The monoisotopic (exact) mass is 174 g/mol. The highest BCUT2D eigenvalue weighted by molar-refractivity contribution is 4.85. The van der Waals surface area contributed by atoms with Gasteiger partial charge in [-0.3, -0.25) is 0 Å². The Kier molecular flexibility index (Phi) is 5.51. The minimum absolute atomic E-state index is 0.197. The molecule has 0 bridgehead atoms. The van der Waals surface area contributed by atoms with Gasteiger partial charge in [0, 0.05) is 6.61 Å². The molecule has 0 heterocycles. The molecule has 74 valence electrons. The van der Waals surface area contributed by atoms with E-state index in [0.29, 0.717) is 11.8 Å². The summed E-state index contributed by atoms with van der Waals surface area (Å²) < 4.78 is 0. The molecule has 3 unspecified atom stereocenters. The average Bonchev–Trinajstić information content (AvgIpc) is 2.36. The molecule has 12 heavy (non-hydrogen) atoms. The fourth-order valence-corrected chi connectivity index (χ4v) is 1.87. The number of aliphatic hydroxyl groups is 2. The summed E-state index contributed by atoms with van der Waals surface area (Å²) in [6.07, 6.45) is 0.774. The summed E-state index contributed by atoms with van der Waals surface area (Å²) in [4.78, 5) is 0. The lowest BCUT2D eigenvalue weighted by Crippen LogP contribution is -2.20. The molecule has 0 aliphatic heterocycles. The lowest BCUT2D eigenvalue weighted by molar-refractivity contribution is 0.0875. The van der Waals surface area contributed by atoms with E-state index in [2.05, 4.69) is 0 Å². The Balaban J connectivity index is 0.000000561. The summed E-state index contributed by atoms with van der Waals surface area (Å²) in [5.74, 6) is 0.970. The lowest BCUT2D eigenvalue weighted by atomic mass is 9.98. The van der Waals surface area contributed by atoms with Crippen molar-refractivity contribution in [1.82, 2.24) is 0 Å². The molecule has 2 N–H and O–H groups in total. The van der Waals surface area contributed by atoms with Crippen LogP contribution in [0.4, 0.5) is 0 Å². The van der Waals surface area contributed by atoms with Crippen molar-refractivity contribution in [3.8, 4) is 0 Å². The minimum atomic E-state index is -0.197. The van der Waals surface area contributed by atoms with Gasteiger partial charge in [-0.05, 0) is 24.2 Å². The van der Waals surface area contributed by atoms with Crippen molar-refractivity contribution in [2.24, 2.45) is 17.8 Å². The molecule has 0 amide bonds. The molecule has 4 atom stereocenters. The molecule has 0 aromatic rings. The van der Waals surface area contributed by atoms with Gasteiger partial charge in [0.15, 0.2) is 0 Å². The largest absolute Gasteiger partial charge is 0.396 e. The van der Waals surface area contributed by atoms with Gasteiger partial charge in [-0.15, -0.1) is 0 Å². The van der Waals surface area contributed by atoms with Crippen LogP contribution in [0.25, 0.3) is 0 Å². The zero-order valence-corrected chi connectivity index (χ0v) is 8.62. The molecule has 0 spiro atoms. The Hall–Kier alpha value is -0.0800. The van der Waals surface area contributed by atoms with Crippen LogP contribution in [-0.4, -0.2) is 22.9 Å². The molecule has 2 heteroatoms.